The van der Waals surface area contributed by atoms with Crippen molar-refractivity contribution in [3.05, 3.63) is 11.8 Å². The molecule has 0 aromatic heterocycles. The lowest BCUT2D eigenvalue weighted by molar-refractivity contribution is -0.119. The van der Waals surface area contributed by atoms with Gasteiger partial charge in [0.1, 0.15) is 0 Å². The second-order valence-corrected chi connectivity index (χ2v) is 3.49. The van der Waals surface area contributed by atoms with E-state index >= 15 is 0 Å². The highest BCUT2D eigenvalue weighted by Crippen LogP contribution is 2.23. The van der Waals surface area contributed by atoms with Gasteiger partial charge in [-0.05, 0) is 19.9 Å². The molecule has 0 saturated carbocycles. The Labute approximate surface area is 82.0 Å². The third kappa shape index (κ3) is 1.21. The van der Waals surface area contributed by atoms with Crippen LogP contribution in [0.25, 0.3) is 0 Å². The molecule has 0 fully saturated rings. The van der Waals surface area contributed by atoms with Crippen LogP contribution in [0.3, 0.4) is 0 Å². The molecule has 0 aromatic carbocycles. The van der Waals surface area contributed by atoms with Crippen molar-refractivity contribution < 1.29 is 4.79 Å². The van der Waals surface area contributed by atoms with E-state index in [-0.39, 0.29) is 6.17 Å². The number of hydrogen-bond acceptors (Lipinski definition) is 4. The van der Waals surface area contributed by atoms with Crippen molar-refractivity contribution >= 4 is 18.0 Å². The third-order valence-electron chi connectivity index (χ3n) is 2.37. The van der Waals surface area contributed by atoms with Crippen molar-refractivity contribution in [2.24, 2.45) is 15.7 Å². The number of rotatable bonds is 1. The van der Waals surface area contributed by atoms with E-state index in [4.69, 9.17) is 5.73 Å². The number of nitrogens with two attached hydrogens (primary N) is 1. The van der Waals surface area contributed by atoms with Gasteiger partial charge >= 0.3 is 0 Å². The number of carbonyl (C=O) groups excluding carboxylic acids is 1. The number of carbonyl (C=O) groups is 1. The summed E-state index contributed by atoms with van der Waals surface area (Å²) in [4.78, 5) is 21.3. The lowest BCUT2D eigenvalue weighted by Gasteiger charge is -2.27. The van der Waals surface area contributed by atoms with E-state index in [1.807, 2.05) is 24.8 Å². The largest absolute Gasteiger partial charge is 0.368 e. The Bertz CT molecular complexity index is 361. The third-order valence-corrected chi connectivity index (χ3v) is 2.37. The van der Waals surface area contributed by atoms with Crippen LogP contribution in [0.2, 0.25) is 0 Å². The van der Waals surface area contributed by atoms with Crippen LogP contribution < -0.4 is 5.73 Å². The summed E-state index contributed by atoms with van der Waals surface area (Å²) in [7, 11) is 0. The minimum absolute atomic E-state index is 0.266. The highest BCUT2D eigenvalue weighted by molar-refractivity contribution is 5.96. The Balaban J connectivity index is 2.33. The van der Waals surface area contributed by atoms with Gasteiger partial charge in [0, 0.05) is 11.4 Å². The van der Waals surface area contributed by atoms with Gasteiger partial charge in [0.25, 0.3) is 0 Å². The first-order valence-corrected chi connectivity index (χ1v) is 4.43. The van der Waals surface area contributed by atoms with E-state index in [0.29, 0.717) is 0 Å². The zero-order valence-electron chi connectivity index (χ0n) is 8.14. The molecule has 2 atom stereocenters. The fourth-order valence-corrected chi connectivity index (χ4v) is 1.72. The molecule has 0 aromatic rings. The van der Waals surface area contributed by atoms with Crippen LogP contribution in [-0.4, -0.2) is 35.1 Å². The molecule has 1 amide bonds. The van der Waals surface area contributed by atoms with Crippen molar-refractivity contribution in [1.82, 2.24) is 4.90 Å². The molecular formula is C9H12N4O. The standard InChI is InChI=1S/C9H12N4O/c1-5-3-6(2)13-4-11-7(8(10)14)9(13)12-5/h3-4,7,9H,1-2H3,(H2,10,14). The van der Waals surface area contributed by atoms with Crippen molar-refractivity contribution in [3.8, 4) is 0 Å². The molecule has 74 valence electrons. The van der Waals surface area contributed by atoms with E-state index in [1.54, 1.807) is 6.34 Å². The fraction of sp³-hybridized carbons (Fsp3) is 0.444. The maximum absolute atomic E-state index is 11.1. The fourth-order valence-electron chi connectivity index (χ4n) is 1.72. The van der Waals surface area contributed by atoms with Gasteiger partial charge in [-0.3, -0.25) is 14.8 Å². The summed E-state index contributed by atoms with van der Waals surface area (Å²) < 4.78 is 0. The maximum atomic E-state index is 11.1. The van der Waals surface area contributed by atoms with E-state index in [0.717, 1.165) is 11.4 Å². The summed E-state index contributed by atoms with van der Waals surface area (Å²) >= 11 is 0. The molecule has 0 spiro atoms. The Hall–Kier alpha value is -1.65. The number of aliphatic imine (C=N–C) groups is 2. The SMILES string of the molecule is CC1=CC(C)=NC2C(C(N)=O)N=CN12. The molecular weight excluding hydrogens is 180 g/mol. The van der Waals surface area contributed by atoms with Gasteiger partial charge in [-0.1, -0.05) is 0 Å². The Morgan fingerprint density at radius 3 is 2.93 bits per heavy atom. The summed E-state index contributed by atoms with van der Waals surface area (Å²) in [5.74, 6) is -0.431. The van der Waals surface area contributed by atoms with Crippen LogP contribution in [-0.2, 0) is 4.79 Å². The van der Waals surface area contributed by atoms with Crippen molar-refractivity contribution in [1.29, 1.82) is 0 Å². The topological polar surface area (TPSA) is 71.0 Å². The number of allylic oxidation sites excluding steroid dienone is 2. The smallest absolute Gasteiger partial charge is 0.246 e. The predicted octanol–water partition coefficient (Wildman–Crippen LogP) is -0.111. The first kappa shape index (κ1) is 8.93. The highest BCUT2D eigenvalue weighted by atomic mass is 16.1. The van der Waals surface area contributed by atoms with E-state index in [1.165, 1.54) is 0 Å². The van der Waals surface area contributed by atoms with Crippen LogP contribution in [0.1, 0.15) is 13.8 Å². The first-order valence-electron chi connectivity index (χ1n) is 4.43. The second-order valence-electron chi connectivity index (χ2n) is 3.49. The van der Waals surface area contributed by atoms with Gasteiger partial charge in [-0.25, -0.2) is 0 Å². The highest BCUT2D eigenvalue weighted by Gasteiger charge is 2.36. The molecule has 2 aliphatic heterocycles. The number of fused-ring (bicyclic) bond motifs is 1. The average molecular weight is 192 g/mol. The molecule has 0 bridgehead atoms. The summed E-state index contributed by atoms with van der Waals surface area (Å²) in [5, 5.41) is 0. The molecule has 2 heterocycles. The number of primary amides is 1. The minimum Gasteiger partial charge on any atom is -0.368 e. The van der Waals surface area contributed by atoms with Crippen LogP contribution in [0.5, 0.6) is 0 Å². The molecule has 0 saturated heterocycles. The van der Waals surface area contributed by atoms with E-state index < -0.39 is 11.9 Å². The van der Waals surface area contributed by atoms with Gasteiger partial charge in [-0.15, -0.1) is 0 Å². The van der Waals surface area contributed by atoms with Crippen LogP contribution in [0.15, 0.2) is 21.8 Å². The van der Waals surface area contributed by atoms with Crippen molar-refractivity contribution in [2.75, 3.05) is 0 Å². The maximum Gasteiger partial charge on any atom is 0.246 e. The second kappa shape index (κ2) is 2.94. The quantitative estimate of drug-likeness (QED) is 0.629. The van der Waals surface area contributed by atoms with Gasteiger partial charge in [0.05, 0.1) is 6.34 Å². The van der Waals surface area contributed by atoms with Crippen molar-refractivity contribution in [3.63, 3.8) is 0 Å². The number of hydrogen-bond donors (Lipinski definition) is 1. The van der Waals surface area contributed by atoms with E-state index in [9.17, 15) is 4.79 Å². The monoisotopic (exact) mass is 192 g/mol. The number of amides is 1. The predicted molar refractivity (Wildman–Crippen MR) is 54.0 cm³/mol. The van der Waals surface area contributed by atoms with Gasteiger partial charge < -0.3 is 10.6 Å². The van der Waals surface area contributed by atoms with Crippen LogP contribution >= 0.6 is 0 Å². The molecule has 14 heavy (non-hydrogen) atoms. The Morgan fingerprint density at radius 2 is 2.29 bits per heavy atom. The summed E-state index contributed by atoms with van der Waals surface area (Å²) in [6, 6.07) is -0.548. The lowest BCUT2D eigenvalue weighted by Crippen LogP contribution is -2.42. The van der Waals surface area contributed by atoms with Crippen LogP contribution in [0, 0.1) is 0 Å². The molecule has 2 aliphatic rings. The molecule has 2 N–H and O–H groups in total. The van der Waals surface area contributed by atoms with Crippen molar-refractivity contribution in [2.45, 2.75) is 26.1 Å². The Kier molecular flexibility index (Phi) is 1.87. The van der Waals surface area contributed by atoms with E-state index in [2.05, 4.69) is 9.98 Å². The summed E-state index contributed by atoms with van der Waals surface area (Å²) in [6.07, 6.45) is 3.31. The molecule has 5 nitrogen and oxygen atoms in total. The molecule has 0 radical (unpaired) electrons. The first-order chi connectivity index (χ1) is 6.59. The Morgan fingerprint density at radius 1 is 1.57 bits per heavy atom. The normalized spacial score (nSPS) is 29.7. The lowest BCUT2D eigenvalue weighted by atomic mass is 10.1. The van der Waals surface area contributed by atoms with Gasteiger partial charge in [0.2, 0.25) is 5.91 Å². The summed E-state index contributed by atoms with van der Waals surface area (Å²) in [5.41, 5.74) is 7.17. The van der Waals surface area contributed by atoms with Crippen LogP contribution in [0.4, 0.5) is 0 Å². The average Bonchev–Trinajstić information content (AvgIpc) is 2.47. The van der Waals surface area contributed by atoms with Gasteiger partial charge in [-0.2, -0.15) is 0 Å². The molecule has 2 unspecified atom stereocenters. The summed E-state index contributed by atoms with van der Waals surface area (Å²) in [6.45, 7) is 3.86. The van der Waals surface area contributed by atoms with Gasteiger partial charge in [0.15, 0.2) is 12.2 Å². The minimum atomic E-state index is -0.548. The molecule has 0 aliphatic carbocycles. The zero-order valence-corrected chi connectivity index (χ0v) is 8.14. The molecule has 5 heteroatoms. The zero-order chi connectivity index (χ0) is 10.3. The number of nitrogens with zero attached hydrogens (tertiary/aromatic N) is 3. The molecule has 2 rings (SSSR count).